The lowest BCUT2D eigenvalue weighted by atomic mass is 9.55. The molecule has 0 saturated heterocycles. The summed E-state index contributed by atoms with van der Waals surface area (Å²) in [5.74, 6) is -1.22. The first-order valence-electron chi connectivity index (χ1n) is 18.6. The number of nitrogens with zero attached hydrogens (tertiary/aromatic N) is 2. The molecule has 52 heavy (non-hydrogen) atoms. The van der Waals surface area contributed by atoms with Gasteiger partial charge in [-0.2, -0.15) is 0 Å². The van der Waals surface area contributed by atoms with Crippen LogP contribution in [0.15, 0.2) is 90.1 Å². The molecule has 1 fully saturated rings. The van der Waals surface area contributed by atoms with Crippen molar-refractivity contribution in [2.75, 3.05) is 33.5 Å². The number of rotatable bonds is 16. The Morgan fingerprint density at radius 2 is 1.83 bits per heavy atom. The highest BCUT2D eigenvalue weighted by Gasteiger charge is 2.65. The Morgan fingerprint density at radius 1 is 1.06 bits per heavy atom. The zero-order valence-corrected chi connectivity index (χ0v) is 30.3. The number of allylic oxidation sites excluding steroid dienone is 1. The highest BCUT2D eigenvalue weighted by molar-refractivity contribution is 6.03. The maximum Gasteiger partial charge on any atom is 0.410 e. The van der Waals surface area contributed by atoms with Gasteiger partial charge in [-0.15, -0.1) is 6.58 Å². The molecule has 1 amide bonds. The van der Waals surface area contributed by atoms with E-state index in [2.05, 4.69) is 30.9 Å². The molecule has 1 heterocycles. The standard InChI is InChI=1S/C42H52N2O8/c1-4-23-50-42-38(44(41(48)49-3)27-30-16-12-15-28-13-6-7-17-32(28)30)26-36(43-51-5-2)34-24-29(14-8-10-21-45)33(18-9-11-22-46)39(40(34)42)35-25-31(47)19-20-37(35)52-42/h4,6-7,12-13,15-17,19-20,24-25,29,33,38-40,45-47H,1,5,8-11,14,18,21-23,26-27H2,2-3H3. The van der Waals surface area contributed by atoms with E-state index in [1.54, 1.807) is 29.2 Å². The molecule has 3 aliphatic rings. The Bertz CT molecular complexity index is 1770. The van der Waals surface area contributed by atoms with Crippen LogP contribution in [0.4, 0.5) is 4.79 Å². The molecule has 1 aliphatic heterocycles. The Morgan fingerprint density at radius 3 is 2.58 bits per heavy atom. The van der Waals surface area contributed by atoms with Gasteiger partial charge in [0.2, 0.25) is 5.79 Å². The average molecular weight is 713 g/mol. The van der Waals surface area contributed by atoms with Crippen LogP contribution in [-0.2, 0) is 20.9 Å². The summed E-state index contributed by atoms with van der Waals surface area (Å²) >= 11 is 0. The maximum atomic E-state index is 14.1. The summed E-state index contributed by atoms with van der Waals surface area (Å²) < 4.78 is 19.6. The van der Waals surface area contributed by atoms with Crippen LogP contribution >= 0.6 is 0 Å². The number of oxime groups is 1. The second kappa shape index (κ2) is 17.0. The lowest BCUT2D eigenvalue weighted by Gasteiger charge is -2.59. The van der Waals surface area contributed by atoms with Crippen molar-refractivity contribution < 1.29 is 39.2 Å². The van der Waals surface area contributed by atoms with Crippen molar-refractivity contribution >= 4 is 22.6 Å². The number of phenolic OH excluding ortho intramolecular Hbond substituents is 1. The number of carbonyl (C=O) groups is 1. The van der Waals surface area contributed by atoms with Gasteiger partial charge < -0.3 is 34.4 Å². The summed E-state index contributed by atoms with van der Waals surface area (Å²) in [4.78, 5) is 21.6. The van der Waals surface area contributed by atoms with Crippen LogP contribution in [0.2, 0.25) is 0 Å². The summed E-state index contributed by atoms with van der Waals surface area (Å²) in [5, 5.41) is 37.2. The van der Waals surface area contributed by atoms with Crippen molar-refractivity contribution in [3.8, 4) is 11.5 Å². The molecule has 2 aliphatic carbocycles. The molecular formula is C42H52N2O8. The Balaban J connectivity index is 1.59. The molecule has 6 unspecified atom stereocenters. The second-order valence-corrected chi connectivity index (χ2v) is 13.9. The molecule has 1 saturated carbocycles. The second-order valence-electron chi connectivity index (χ2n) is 13.9. The number of unbranched alkanes of at least 4 members (excludes halogenated alkanes) is 2. The van der Waals surface area contributed by atoms with Gasteiger partial charge >= 0.3 is 6.09 Å². The number of ether oxygens (including phenoxy) is 3. The number of hydrogen-bond donors (Lipinski definition) is 3. The largest absolute Gasteiger partial charge is 0.508 e. The van der Waals surface area contributed by atoms with Crippen LogP contribution in [0.1, 0.15) is 68.9 Å². The van der Waals surface area contributed by atoms with Crippen LogP contribution in [0.5, 0.6) is 11.5 Å². The van der Waals surface area contributed by atoms with E-state index in [0.717, 1.165) is 53.2 Å². The molecule has 6 atom stereocenters. The molecule has 3 N–H and O–H groups in total. The third-order valence-electron chi connectivity index (χ3n) is 11.0. The van der Waals surface area contributed by atoms with Crippen molar-refractivity contribution in [2.45, 2.75) is 76.2 Å². The molecule has 3 aromatic carbocycles. The first-order valence-corrected chi connectivity index (χ1v) is 18.6. The van der Waals surface area contributed by atoms with Gasteiger partial charge in [-0.25, -0.2) is 4.79 Å². The first-order chi connectivity index (χ1) is 25.4. The molecule has 3 aromatic rings. The van der Waals surface area contributed by atoms with Gasteiger partial charge in [0.15, 0.2) is 0 Å². The fourth-order valence-electron chi connectivity index (χ4n) is 8.83. The minimum absolute atomic E-state index is 0.0619. The number of aromatic hydroxyl groups is 1. The monoisotopic (exact) mass is 712 g/mol. The molecule has 278 valence electrons. The summed E-state index contributed by atoms with van der Waals surface area (Å²) in [6.45, 7) is 6.81. The van der Waals surface area contributed by atoms with E-state index in [-0.39, 0.29) is 56.3 Å². The number of benzene rings is 3. The fourth-order valence-corrected chi connectivity index (χ4v) is 8.83. The van der Waals surface area contributed by atoms with E-state index in [1.807, 2.05) is 31.2 Å². The van der Waals surface area contributed by atoms with Crippen LogP contribution < -0.4 is 4.74 Å². The van der Waals surface area contributed by atoms with Crippen molar-refractivity contribution in [2.24, 2.45) is 22.9 Å². The van der Waals surface area contributed by atoms with E-state index < -0.39 is 23.8 Å². The maximum absolute atomic E-state index is 14.1. The van der Waals surface area contributed by atoms with E-state index in [4.69, 9.17) is 24.2 Å². The normalized spacial score (nSPS) is 25.4. The summed E-state index contributed by atoms with van der Waals surface area (Å²) in [5.41, 5.74) is 3.46. The predicted octanol–water partition coefficient (Wildman–Crippen LogP) is 7.47. The smallest absolute Gasteiger partial charge is 0.410 e. The Labute approximate surface area is 306 Å². The van der Waals surface area contributed by atoms with E-state index in [0.29, 0.717) is 30.9 Å². The SMILES string of the molecule is C=CCOC12Oc3ccc(O)cc3C3C(CCCCO)C(CCCCO)C=C(C(=NOCC)CC1N(Cc1cccc4ccccc14)C(=O)OC)C32. The third-order valence-corrected chi connectivity index (χ3v) is 11.0. The van der Waals surface area contributed by atoms with Gasteiger partial charge in [0.05, 0.1) is 31.9 Å². The molecule has 0 aromatic heterocycles. The van der Waals surface area contributed by atoms with Gasteiger partial charge in [0.1, 0.15) is 24.1 Å². The highest BCUT2D eigenvalue weighted by atomic mass is 16.7. The molecule has 10 nitrogen and oxygen atoms in total. The molecule has 0 bridgehead atoms. The lowest BCUT2D eigenvalue weighted by Crippen LogP contribution is -2.70. The summed E-state index contributed by atoms with van der Waals surface area (Å²) in [6, 6.07) is 18.6. The van der Waals surface area contributed by atoms with Gasteiger partial charge in [-0.1, -0.05) is 72.6 Å². The van der Waals surface area contributed by atoms with Gasteiger partial charge in [0, 0.05) is 31.1 Å². The summed E-state index contributed by atoms with van der Waals surface area (Å²) in [6.07, 6.45) is 8.36. The zero-order valence-electron chi connectivity index (χ0n) is 30.3. The van der Waals surface area contributed by atoms with E-state index in [9.17, 15) is 20.1 Å². The molecule has 0 radical (unpaired) electrons. The van der Waals surface area contributed by atoms with Crippen molar-refractivity contribution in [3.05, 3.63) is 96.1 Å². The predicted molar refractivity (Wildman–Crippen MR) is 200 cm³/mol. The van der Waals surface area contributed by atoms with Gasteiger partial charge in [0.25, 0.3) is 0 Å². The quantitative estimate of drug-likeness (QED) is 0.0793. The third kappa shape index (κ3) is 7.29. The minimum Gasteiger partial charge on any atom is -0.508 e. The van der Waals surface area contributed by atoms with Crippen LogP contribution in [0.25, 0.3) is 10.8 Å². The lowest BCUT2D eigenvalue weighted by molar-refractivity contribution is -0.256. The van der Waals surface area contributed by atoms with Crippen LogP contribution in [0.3, 0.4) is 0 Å². The molecule has 0 spiro atoms. The topological polar surface area (TPSA) is 130 Å². The Kier molecular flexibility index (Phi) is 12.2. The minimum atomic E-state index is -1.41. The van der Waals surface area contributed by atoms with Gasteiger partial charge in [-0.05, 0) is 84.6 Å². The number of methoxy groups -OCH3 is 1. The average Bonchev–Trinajstić information content (AvgIpc) is 3.16. The number of phenols is 1. The van der Waals surface area contributed by atoms with Crippen molar-refractivity contribution in [3.63, 3.8) is 0 Å². The fraction of sp³-hybridized carbons (Fsp3) is 0.476. The number of fused-ring (bicyclic) bond motifs is 3. The number of amides is 1. The highest BCUT2D eigenvalue weighted by Crippen LogP contribution is 2.62. The Hall–Kier alpha value is -4.38. The van der Waals surface area contributed by atoms with Crippen molar-refractivity contribution in [1.82, 2.24) is 4.90 Å². The number of aliphatic hydroxyl groups is 2. The van der Waals surface area contributed by atoms with Crippen LogP contribution in [0, 0.1) is 17.8 Å². The van der Waals surface area contributed by atoms with E-state index in [1.165, 1.54) is 7.11 Å². The van der Waals surface area contributed by atoms with E-state index >= 15 is 0 Å². The van der Waals surface area contributed by atoms with Gasteiger partial charge in [-0.3, -0.25) is 4.90 Å². The first kappa shape index (κ1) is 37.4. The number of hydrogen-bond acceptors (Lipinski definition) is 9. The number of aliphatic hydroxyl groups excluding tert-OH is 2. The molecule has 6 rings (SSSR count). The summed E-state index contributed by atoms with van der Waals surface area (Å²) in [7, 11) is 1.39. The number of carbonyl (C=O) groups excluding carboxylic acids is 1. The zero-order chi connectivity index (χ0) is 36.7. The van der Waals surface area contributed by atoms with Crippen molar-refractivity contribution in [1.29, 1.82) is 0 Å². The molecular weight excluding hydrogens is 660 g/mol. The molecule has 10 heteroatoms. The van der Waals surface area contributed by atoms with Crippen LogP contribution in [-0.4, -0.2) is 77.4 Å².